The smallest absolute Gasteiger partial charge is 0.272 e. The number of benzene rings is 5. The highest BCUT2D eigenvalue weighted by molar-refractivity contribution is 8.00. The van der Waals surface area contributed by atoms with Crippen molar-refractivity contribution < 1.29 is 23.9 Å². The number of thioether (sulfide) groups is 1. The van der Waals surface area contributed by atoms with Gasteiger partial charge in [0.05, 0.1) is 12.4 Å². The van der Waals surface area contributed by atoms with Gasteiger partial charge < -0.3 is 25.4 Å². The zero-order chi connectivity index (χ0) is 32.8. The molecule has 0 aromatic heterocycles. The normalized spacial score (nSPS) is 10.9. The maximum Gasteiger partial charge on any atom is 0.272 e. The molecule has 5 aromatic rings. The molecule has 0 aliphatic heterocycles. The summed E-state index contributed by atoms with van der Waals surface area (Å²) < 4.78 is 11.3. The number of hydrogen-bond acceptors (Lipinski definition) is 6. The number of hydrogen-bond donors (Lipinski definition) is 3. The minimum atomic E-state index is -0.483. The lowest BCUT2D eigenvalue weighted by atomic mass is 10.1. The fourth-order valence-corrected chi connectivity index (χ4v) is 5.04. The maximum absolute atomic E-state index is 13.4. The quantitative estimate of drug-likeness (QED) is 0.0887. The van der Waals surface area contributed by atoms with Gasteiger partial charge in [0, 0.05) is 21.8 Å². The van der Waals surface area contributed by atoms with E-state index in [1.807, 2.05) is 67.6 Å². The first-order valence-corrected chi connectivity index (χ1v) is 15.9. The molecule has 0 atom stereocenters. The average Bonchev–Trinajstić information content (AvgIpc) is 3.10. The Morgan fingerprint density at radius 2 is 1.23 bits per heavy atom. The molecule has 0 saturated heterocycles. The summed E-state index contributed by atoms with van der Waals surface area (Å²) in [5.74, 6) is 1.29. The molecule has 3 amide bonds. The summed E-state index contributed by atoms with van der Waals surface area (Å²) >= 11 is 1.37. The molecule has 0 heterocycles. The van der Waals surface area contributed by atoms with Gasteiger partial charge in [-0.2, -0.15) is 0 Å². The summed E-state index contributed by atoms with van der Waals surface area (Å²) in [5.41, 5.74) is 2.43. The Labute approximate surface area is 277 Å². The van der Waals surface area contributed by atoms with Crippen LogP contribution in [0.4, 0.5) is 11.4 Å². The van der Waals surface area contributed by atoms with Crippen molar-refractivity contribution in [3.63, 3.8) is 0 Å². The number of nitrogens with one attached hydrogen (secondary N) is 3. The summed E-state index contributed by atoms with van der Waals surface area (Å²) in [6, 6.07) is 39.7. The average molecular weight is 644 g/mol. The van der Waals surface area contributed by atoms with Gasteiger partial charge in [-0.3, -0.25) is 14.4 Å². The van der Waals surface area contributed by atoms with Crippen LogP contribution in [-0.4, -0.2) is 30.1 Å². The van der Waals surface area contributed by atoms with Gasteiger partial charge in [0.25, 0.3) is 11.8 Å². The molecular formula is C38H33N3O5S. The molecule has 0 fully saturated rings. The molecule has 0 saturated carbocycles. The summed E-state index contributed by atoms with van der Waals surface area (Å²) in [4.78, 5) is 39.7. The van der Waals surface area contributed by atoms with E-state index in [0.29, 0.717) is 40.6 Å². The van der Waals surface area contributed by atoms with Crippen molar-refractivity contribution in [2.75, 3.05) is 23.0 Å². The number of rotatable bonds is 13. The molecule has 0 spiro atoms. The van der Waals surface area contributed by atoms with Gasteiger partial charge in [-0.25, -0.2) is 0 Å². The van der Waals surface area contributed by atoms with Crippen molar-refractivity contribution in [3.05, 3.63) is 150 Å². The summed E-state index contributed by atoms with van der Waals surface area (Å²) in [6.45, 7) is 2.45. The fourth-order valence-electron chi connectivity index (χ4n) is 4.35. The van der Waals surface area contributed by atoms with Gasteiger partial charge in [0.15, 0.2) is 0 Å². The Morgan fingerprint density at radius 1 is 0.660 bits per heavy atom. The Hall–Kier alpha value is -5.80. The first-order chi connectivity index (χ1) is 22.9. The number of amides is 3. The monoisotopic (exact) mass is 643 g/mol. The molecule has 5 aromatic carbocycles. The van der Waals surface area contributed by atoms with Gasteiger partial charge in [-0.15, -0.1) is 11.8 Å². The Morgan fingerprint density at radius 3 is 1.89 bits per heavy atom. The van der Waals surface area contributed by atoms with E-state index >= 15 is 0 Å². The minimum Gasteiger partial charge on any atom is -0.494 e. The molecule has 0 bridgehead atoms. The van der Waals surface area contributed by atoms with Crippen LogP contribution in [0.5, 0.6) is 17.2 Å². The largest absolute Gasteiger partial charge is 0.494 e. The molecule has 5 rings (SSSR count). The topological polar surface area (TPSA) is 106 Å². The predicted molar refractivity (Wildman–Crippen MR) is 187 cm³/mol. The van der Waals surface area contributed by atoms with Crippen molar-refractivity contribution in [2.24, 2.45) is 0 Å². The Kier molecular flexibility index (Phi) is 11.4. The highest BCUT2D eigenvalue weighted by atomic mass is 32.2. The van der Waals surface area contributed by atoms with Gasteiger partial charge in [0.2, 0.25) is 5.91 Å². The van der Waals surface area contributed by atoms with E-state index in [9.17, 15) is 14.4 Å². The molecule has 236 valence electrons. The zero-order valence-corrected chi connectivity index (χ0v) is 26.5. The van der Waals surface area contributed by atoms with Gasteiger partial charge in [-0.05, 0) is 103 Å². The van der Waals surface area contributed by atoms with Crippen molar-refractivity contribution in [3.8, 4) is 17.2 Å². The second kappa shape index (κ2) is 16.5. The van der Waals surface area contributed by atoms with Crippen LogP contribution in [0.25, 0.3) is 6.08 Å². The van der Waals surface area contributed by atoms with Crippen LogP contribution in [0.15, 0.2) is 144 Å². The lowest BCUT2D eigenvalue weighted by molar-refractivity contribution is -0.114. The number of para-hydroxylation sites is 1. The standard InChI is InChI=1S/C38H33N3O5S/c1-2-45-31-19-13-27(14-20-31)25-35(41-37(43)28-9-5-3-6-10-28)38(44)40-30-17-23-34(24-18-30)47-26-36(42)39-29-15-21-33(22-16-29)46-32-11-7-4-8-12-32/h3-25H,2,26H2,1H3,(H,39,42)(H,40,44)(H,41,43)/b35-25-. The van der Waals surface area contributed by atoms with Gasteiger partial charge >= 0.3 is 0 Å². The van der Waals surface area contributed by atoms with Crippen LogP contribution >= 0.6 is 11.8 Å². The second-order valence-electron chi connectivity index (χ2n) is 10.1. The van der Waals surface area contributed by atoms with Gasteiger partial charge in [-0.1, -0.05) is 48.5 Å². The Balaban J connectivity index is 1.16. The van der Waals surface area contributed by atoms with Crippen LogP contribution in [0.1, 0.15) is 22.8 Å². The molecule has 0 aliphatic carbocycles. The van der Waals surface area contributed by atoms with E-state index < -0.39 is 11.8 Å². The van der Waals surface area contributed by atoms with E-state index in [-0.39, 0.29) is 17.4 Å². The highest BCUT2D eigenvalue weighted by Gasteiger charge is 2.15. The van der Waals surface area contributed by atoms with Gasteiger partial charge in [0.1, 0.15) is 22.9 Å². The number of anilines is 2. The number of ether oxygens (including phenoxy) is 2. The minimum absolute atomic E-state index is 0.0813. The third-order valence-corrected chi connectivity index (χ3v) is 7.64. The highest BCUT2D eigenvalue weighted by Crippen LogP contribution is 2.24. The van der Waals surface area contributed by atoms with Crippen molar-refractivity contribution >= 4 is 46.9 Å². The summed E-state index contributed by atoms with van der Waals surface area (Å²) in [6.07, 6.45) is 1.61. The molecular weight excluding hydrogens is 611 g/mol. The lowest BCUT2D eigenvalue weighted by Crippen LogP contribution is -2.30. The van der Waals surface area contributed by atoms with E-state index in [2.05, 4.69) is 16.0 Å². The third kappa shape index (κ3) is 10.1. The van der Waals surface area contributed by atoms with Crippen molar-refractivity contribution in [1.82, 2.24) is 5.32 Å². The van der Waals surface area contributed by atoms with Crippen LogP contribution < -0.4 is 25.4 Å². The zero-order valence-electron chi connectivity index (χ0n) is 25.6. The fraction of sp³-hybridized carbons (Fsp3) is 0.0789. The maximum atomic E-state index is 13.4. The van der Waals surface area contributed by atoms with E-state index in [1.165, 1.54) is 11.8 Å². The van der Waals surface area contributed by atoms with E-state index in [1.54, 1.807) is 78.9 Å². The lowest BCUT2D eigenvalue weighted by Gasteiger charge is -2.12. The van der Waals surface area contributed by atoms with Crippen molar-refractivity contribution in [2.45, 2.75) is 11.8 Å². The van der Waals surface area contributed by atoms with Crippen molar-refractivity contribution in [1.29, 1.82) is 0 Å². The summed E-state index contributed by atoms with van der Waals surface area (Å²) in [7, 11) is 0. The van der Waals surface area contributed by atoms with Crippen LogP contribution in [-0.2, 0) is 9.59 Å². The van der Waals surface area contributed by atoms with E-state index in [0.717, 1.165) is 10.6 Å². The SMILES string of the molecule is CCOc1ccc(/C=C(\NC(=O)c2ccccc2)C(=O)Nc2ccc(SCC(=O)Nc3ccc(Oc4ccccc4)cc3)cc2)cc1. The summed E-state index contributed by atoms with van der Waals surface area (Å²) in [5, 5.41) is 8.48. The second-order valence-corrected chi connectivity index (χ2v) is 11.2. The molecule has 0 aliphatic rings. The molecule has 8 nitrogen and oxygen atoms in total. The van der Waals surface area contributed by atoms with E-state index in [4.69, 9.17) is 9.47 Å². The first kappa shape index (κ1) is 32.6. The van der Waals surface area contributed by atoms with Crippen LogP contribution in [0.2, 0.25) is 0 Å². The molecule has 0 radical (unpaired) electrons. The molecule has 0 unspecified atom stereocenters. The number of carbonyl (C=O) groups excluding carboxylic acids is 3. The molecule has 47 heavy (non-hydrogen) atoms. The molecule has 9 heteroatoms. The predicted octanol–water partition coefficient (Wildman–Crippen LogP) is 8.02. The molecule has 3 N–H and O–H groups in total. The first-order valence-electron chi connectivity index (χ1n) is 14.9. The van der Waals surface area contributed by atoms with Crippen LogP contribution in [0.3, 0.4) is 0 Å². The third-order valence-electron chi connectivity index (χ3n) is 6.63. The Bertz CT molecular complexity index is 1810. The van der Waals surface area contributed by atoms with Crippen LogP contribution in [0, 0.1) is 0 Å². The number of carbonyl (C=O) groups is 3.